The molecule has 2 heterocycles. The lowest BCUT2D eigenvalue weighted by Gasteiger charge is -2.11. The van der Waals surface area contributed by atoms with Crippen molar-refractivity contribution in [2.75, 3.05) is 19.8 Å². The first-order valence-corrected chi connectivity index (χ1v) is 6.31. The van der Waals surface area contributed by atoms with Crippen LogP contribution in [0.15, 0.2) is 0 Å². The van der Waals surface area contributed by atoms with Crippen LogP contribution in [0.3, 0.4) is 0 Å². The molecule has 1 amide bonds. The number of carboxylic acid groups (broad SMARTS) is 1. The lowest BCUT2D eigenvalue weighted by Crippen LogP contribution is -2.36. The Kier molecular flexibility index (Phi) is 4.51. The lowest BCUT2D eigenvalue weighted by atomic mass is 10.4. The molecule has 1 atom stereocenters. The number of nitrogens with zero attached hydrogens (tertiary/aromatic N) is 1. The molecule has 0 aromatic rings. The molecule has 2 rings (SSSR count). The summed E-state index contributed by atoms with van der Waals surface area (Å²) in [7, 11) is -4.00. The molecule has 0 radical (unpaired) electrons. The molecule has 0 aromatic heterocycles. The predicted molar refractivity (Wildman–Crippen MR) is 54.3 cm³/mol. The van der Waals surface area contributed by atoms with Gasteiger partial charge in [0.2, 0.25) is 0 Å². The highest BCUT2D eigenvalue weighted by Crippen LogP contribution is 2.17. The minimum absolute atomic E-state index is 0.103. The van der Waals surface area contributed by atoms with E-state index in [-0.39, 0.29) is 6.61 Å². The molecule has 0 unspecified atom stereocenters. The van der Waals surface area contributed by atoms with Gasteiger partial charge in [-0.3, -0.25) is 4.18 Å². The quantitative estimate of drug-likeness (QED) is 0.672. The van der Waals surface area contributed by atoms with Crippen LogP contribution in [0.5, 0.6) is 0 Å². The fourth-order valence-electron chi connectivity index (χ4n) is 1.32. The van der Waals surface area contributed by atoms with Crippen LogP contribution in [-0.4, -0.2) is 49.8 Å². The number of hydrogen-bond acceptors (Lipinski definition) is 5. The largest absolute Gasteiger partial charge is 0.464 e. The average molecular weight is 253 g/mol. The maximum Gasteiger partial charge on any atom is 0.423 e. The summed E-state index contributed by atoms with van der Waals surface area (Å²) < 4.78 is 31.0. The molecule has 0 aliphatic carbocycles. The van der Waals surface area contributed by atoms with E-state index in [2.05, 4.69) is 4.18 Å². The molecule has 0 bridgehead atoms. The number of hydrogen-bond donors (Lipinski definition) is 1. The van der Waals surface area contributed by atoms with Crippen molar-refractivity contribution in [3.8, 4) is 0 Å². The van der Waals surface area contributed by atoms with Crippen molar-refractivity contribution in [3.05, 3.63) is 0 Å². The molecule has 7 nitrogen and oxygen atoms in total. The molecule has 16 heavy (non-hydrogen) atoms. The van der Waals surface area contributed by atoms with Crippen LogP contribution in [0.25, 0.3) is 0 Å². The third-order valence-electron chi connectivity index (χ3n) is 2.12. The highest BCUT2D eigenvalue weighted by Gasteiger charge is 2.39. The smallest absolute Gasteiger partial charge is 0.423 e. The SMILES string of the molecule is C1CCOC1.C[C@@H]1COS(=O)(=O)N1C(=O)O. The summed E-state index contributed by atoms with van der Waals surface area (Å²) in [6.07, 6.45) is 1.05. The second-order valence-corrected chi connectivity index (χ2v) is 4.97. The third-order valence-corrected chi connectivity index (χ3v) is 3.55. The van der Waals surface area contributed by atoms with Crippen molar-refractivity contribution >= 4 is 16.4 Å². The van der Waals surface area contributed by atoms with Gasteiger partial charge in [-0.25, -0.2) is 4.79 Å². The van der Waals surface area contributed by atoms with Gasteiger partial charge in [-0.1, -0.05) is 0 Å². The van der Waals surface area contributed by atoms with Gasteiger partial charge in [-0.15, -0.1) is 0 Å². The number of ether oxygens (including phenoxy) is 1. The first-order chi connectivity index (χ1) is 7.45. The third kappa shape index (κ3) is 3.32. The van der Waals surface area contributed by atoms with Crippen molar-refractivity contribution in [3.63, 3.8) is 0 Å². The van der Waals surface area contributed by atoms with Crippen molar-refractivity contribution < 1.29 is 27.2 Å². The maximum atomic E-state index is 10.7. The molecule has 0 spiro atoms. The van der Waals surface area contributed by atoms with Gasteiger partial charge in [0.05, 0.1) is 12.6 Å². The molecule has 94 valence electrons. The number of rotatable bonds is 0. The van der Waals surface area contributed by atoms with Crippen molar-refractivity contribution in [1.29, 1.82) is 0 Å². The van der Waals surface area contributed by atoms with Gasteiger partial charge in [0, 0.05) is 13.2 Å². The first kappa shape index (κ1) is 13.2. The van der Waals surface area contributed by atoms with E-state index in [0.29, 0.717) is 4.31 Å². The fraction of sp³-hybridized carbons (Fsp3) is 0.875. The molecule has 2 aliphatic heterocycles. The van der Waals surface area contributed by atoms with Crippen LogP contribution in [-0.2, 0) is 19.2 Å². The van der Waals surface area contributed by atoms with Crippen molar-refractivity contribution in [2.24, 2.45) is 0 Å². The maximum absolute atomic E-state index is 10.7. The second kappa shape index (κ2) is 5.46. The lowest BCUT2D eigenvalue weighted by molar-refractivity contribution is 0.167. The van der Waals surface area contributed by atoms with E-state index in [4.69, 9.17) is 9.84 Å². The summed E-state index contributed by atoms with van der Waals surface area (Å²) in [5, 5.41) is 8.39. The summed E-state index contributed by atoms with van der Waals surface area (Å²) >= 11 is 0. The Bertz CT molecular complexity index is 329. The van der Waals surface area contributed by atoms with Crippen LogP contribution < -0.4 is 0 Å². The zero-order valence-corrected chi connectivity index (χ0v) is 9.77. The van der Waals surface area contributed by atoms with Crippen LogP contribution >= 0.6 is 0 Å². The predicted octanol–water partition coefficient (Wildman–Crippen LogP) is 0.427. The van der Waals surface area contributed by atoms with E-state index in [0.717, 1.165) is 13.2 Å². The van der Waals surface area contributed by atoms with E-state index >= 15 is 0 Å². The van der Waals surface area contributed by atoms with Crippen LogP contribution in [0.4, 0.5) is 4.79 Å². The van der Waals surface area contributed by atoms with Gasteiger partial charge in [-0.2, -0.15) is 12.7 Å². The summed E-state index contributed by atoms with van der Waals surface area (Å²) in [5.41, 5.74) is 0. The van der Waals surface area contributed by atoms with E-state index in [1.807, 2.05) is 0 Å². The molecule has 0 aromatic carbocycles. The van der Waals surface area contributed by atoms with Crippen molar-refractivity contribution in [1.82, 2.24) is 4.31 Å². The molecule has 2 aliphatic rings. The Labute approximate surface area is 94.2 Å². The zero-order chi connectivity index (χ0) is 12.2. The van der Waals surface area contributed by atoms with E-state index in [1.54, 1.807) is 0 Å². The summed E-state index contributed by atoms with van der Waals surface area (Å²) in [6, 6.07) is -0.627. The van der Waals surface area contributed by atoms with Gasteiger partial charge >= 0.3 is 16.4 Å². The fourth-order valence-corrected chi connectivity index (χ4v) is 2.50. The van der Waals surface area contributed by atoms with Gasteiger partial charge in [0.1, 0.15) is 0 Å². The normalized spacial score (nSPS) is 27.3. The van der Waals surface area contributed by atoms with E-state index in [1.165, 1.54) is 19.8 Å². The molecular formula is C8H15NO6S. The Balaban J connectivity index is 0.000000212. The summed E-state index contributed by atoms with van der Waals surface area (Å²) in [4.78, 5) is 10.3. The summed E-state index contributed by atoms with van der Waals surface area (Å²) in [6.45, 7) is 3.35. The Morgan fingerprint density at radius 1 is 1.38 bits per heavy atom. The molecular weight excluding hydrogens is 238 g/mol. The molecule has 2 saturated heterocycles. The van der Waals surface area contributed by atoms with Crippen molar-refractivity contribution in [2.45, 2.75) is 25.8 Å². The Morgan fingerprint density at radius 2 is 1.94 bits per heavy atom. The zero-order valence-electron chi connectivity index (χ0n) is 8.96. The van der Waals surface area contributed by atoms with Gasteiger partial charge in [0.25, 0.3) is 0 Å². The monoisotopic (exact) mass is 253 g/mol. The second-order valence-electron chi connectivity index (χ2n) is 3.49. The van der Waals surface area contributed by atoms with Crippen LogP contribution in [0.2, 0.25) is 0 Å². The van der Waals surface area contributed by atoms with E-state index < -0.39 is 22.4 Å². The Hall–Kier alpha value is -0.860. The first-order valence-electron chi connectivity index (χ1n) is 4.94. The number of carbonyl (C=O) groups is 1. The average Bonchev–Trinajstić information content (AvgIpc) is 2.77. The van der Waals surface area contributed by atoms with Crippen LogP contribution in [0.1, 0.15) is 19.8 Å². The molecule has 1 N–H and O–H groups in total. The standard InChI is InChI=1S/C4H7NO5S.C4H8O/c1-3-2-10-11(8,9)5(3)4(6)7;1-2-4-5-3-1/h3H,2H2,1H3,(H,6,7);1-4H2/t3-;/m1./s1. The van der Waals surface area contributed by atoms with Gasteiger partial charge in [-0.05, 0) is 19.8 Å². The molecule has 8 heteroatoms. The van der Waals surface area contributed by atoms with Crippen LogP contribution in [0, 0.1) is 0 Å². The minimum Gasteiger partial charge on any atom is -0.464 e. The number of amides is 1. The molecule has 0 saturated carbocycles. The topological polar surface area (TPSA) is 93.1 Å². The highest BCUT2D eigenvalue weighted by atomic mass is 32.2. The van der Waals surface area contributed by atoms with E-state index in [9.17, 15) is 13.2 Å². The highest BCUT2D eigenvalue weighted by molar-refractivity contribution is 7.85. The molecule has 2 fully saturated rings. The van der Waals surface area contributed by atoms with Gasteiger partial charge < -0.3 is 9.84 Å². The minimum atomic E-state index is -4.00. The van der Waals surface area contributed by atoms with Gasteiger partial charge in [0.15, 0.2) is 0 Å². The summed E-state index contributed by atoms with van der Waals surface area (Å²) in [5.74, 6) is 0. The Morgan fingerprint density at radius 3 is 2.12 bits per heavy atom.